The number of nitrogens with zero attached hydrogens (tertiary/aromatic N) is 6. The number of rotatable bonds is 8. The number of hydrogen-bond donors (Lipinski definition) is 2. The Kier molecular flexibility index (Phi) is 8.02. The molecule has 8 rings (SSSR count). The average molecular weight is 711 g/mol. The van der Waals surface area contributed by atoms with E-state index in [1.54, 1.807) is 19.4 Å². The zero-order valence-corrected chi connectivity index (χ0v) is 31.2. The molecule has 3 aromatic heterocycles. The van der Waals surface area contributed by atoms with Gasteiger partial charge in [-0.25, -0.2) is 18.7 Å². The highest BCUT2D eigenvalue weighted by Crippen LogP contribution is 2.56. The van der Waals surface area contributed by atoms with Gasteiger partial charge in [0, 0.05) is 53.6 Å². The molecule has 2 aliphatic carbocycles. The summed E-state index contributed by atoms with van der Waals surface area (Å²) in [4.78, 5) is 46.1. The lowest BCUT2D eigenvalue weighted by Crippen LogP contribution is -2.64. The molecule has 274 valence electrons. The smallest absolute Gasteiger partial charge is 0.251 e. The van der Waals surface area contributed by atoms with Gasteiger partial charge in [-0.3, -0.25) is 19.5 Å². The number of fused-ring (bicyclic) bond motifs is 2. The van der Waals surface area contributed by atoms with E-state index in [0.717, 1.165) is 30.8 Å². The predicted molar refractivity (Wildman–Crippen MR) is 198 cm³/mol. The third-order valence-corrected chi connectivity index (χ3v) is 12.3. The molecule has 2 N–H and O–H groups in total. The largest absolute Gasteiger partial charge is 0.352 e. The number of nitrogens with one attached hydrogen (secondary N) is 2. The normalized spacial score (nSPS) is 23.3. The molecular weight excluding hydrogens is 662 g/mol. The summed E-state index contributed by atoms with van der Waals surface area (Å²) in [6.45, 7) is 16.0. The third-order valence-electron chi connectivity index (χ3n) is 12.3. The van der Waals surface area contributed by atoms with E-state index < -0.39 is 23.0 Å². The van der Waals surface area contributed by atoms with Crippen LogP contribution >= 0.6 is 0 Å². The topological polar surface area (TPSA) is 108 Å². The van der Waals surface area contributed by atoms with Gasteiger partial charge >= 0.3 is 0 Å². The number of imidazole rings is 1. The summed E-state index contributed by atoms with van der Waals surface area (Å²) in [6.07, 6.45) is 10.5. The van der Waals surface area contributed by atoms with Crippen molar-refractivity contribution in [3.05, 3.63) is 59.2 Å². The quantitative estimate of drug-likeness (QED) is 0.194. The number of anilines is 3. The van der Waals surface area contributed by atoms with Gasteiger partial charge in [0.1, 0.15) is 5.52 Å². The molecule has 10 nitrogen and oxygen atoms in total. The number of amides is 2. The van der Waals surface area contributed by atoms with Crippen molar-refractivity contribution < 1.29 is 18.4 Å². The molecule has 4 aliphatic rings. The standard InChI is InChI=1S/C40H48F2N8O2/c1-8-43-36(51)26-15-28(32(42)31(41)23(26)4)47-35-33-29(45-21-49(33)22(2)3)16-27(46-35)24-14-30-34(44-19-24)38(5,6)37(52)50(30)25-17-39(7,18-25)48-13-9-10-40(20-48)11-12-40/h14-16,19,21-22,25H,8-13,17-18,20H2,1-7H3,(H,43,51)(H,46,47). The van der Waals surface area contributed by atoms with Crippen molar-refractivity contribution >= 4 is 40.0 Å². The van der Waals surface area contributed by atoms with Crippen LogP contribution in [0, 0.1) is 24.0 Å². The van der Waals surface area contributed by atoms with Crippen LogP contribution in [0.4, 0.5) is 26.0 Å². The molecule has 0 bridgehead atoms. The zero-order valence-electron chi connectivity index (χ0n) is 31.2. The lowest BCUT2D eigenvalue weighted by molar-refractivity contribution is -0.124. The van der Waals surface area contributed by atoms with Gasteiger partial charge in [0.05, 0.1) is 40.0 Å². The Morgan fingerprint density at radius 3 is 2.50 bits per heavy atom. The number of halogens is 2. The van der Waals surface area contributed by atoms with Crippen LogP contribution in [0.3, 0.4) is 0 Å². The molecule has 52 heavy (non-hydrogen) atoms. The highest BCUT2D eigenvalue weighted by Gasteiger charge is 2.57. The number of pyridine rings is 2. The molecule has 0 unspecified atom stereocenters. The fourth-order valence-electron chi connectivity index (χ4n) is 8.90. The second-order valence-electron chi connectivity index (χ2n) is 16.7. The van der Waals surface area contributed by atoms with Gasteiger partial charge in [-0.2, -0.15) is 0 Å². The minimum absolute atomic E-state index is 0.0138. The molecule has 1 aromatic carbocycles. The molecule has 1 saturated heterocycles. The van der Waals surface area contributed by atoms with Crippen molar-refractivity contribution in [1.29, 1.82) is 0 Å². The van der Waals surface area contributed by atoms with Gasteiger partial charge in [-0.05, 0) is 117 Å². The molecule has 0 atom stereocenters. The van der Waals surface area contributed by atoms with Gasteiger partial charge < -0.3 is 20.1 Å². The zero-order chi connectivity index (χ0) is 36.9. The summed E-state index contributed by atoms with van der Waals surface area (Å²) in [7, 11) is 0. The second-order valence-corrected chi connectivity index (χ2v) is 16.7. The average Bonchev–Trinajstić information content (AvgIpc) is 3.62. The van der Waals surface area contributed by atoms with Crippen molar-refractivity contribution in [3.63, 3.8) is 0 Å². The van der Waals surface area contributed by atoms with Crippen LogP contribution in [0.25, 0.3) is 22.3 Å². The minimum Gasteiger partial charge on any atom is -0.352 e. The minimum atomic E-state index is -1.11. The van der Waals surface area contributed by atoms with E-state index in [0.29, 0.717) is 34.3 Å². The van der Waals surface area contributed by atoms with Crippen molar-refractivity contribution in [1.82, 2.24) is 29.7 Å². The Morgan fingerprint density at radius 2 is 1.81 bits per heavy atom. The number of benzene rings is 1. The monoisotopic (exact) mass is 710 g/mol. The first-order chi connectivity index (χ1) is 24.7. The molecular formula is C40H48F2N8O2. The van der Waals surface area contributed by atoms with Crippen LogP contribution in [-0.2, 0) is 10.2 Å². The fraction of sp³-hybridized carbons (Fsp3) is 0.525. The number of piperidine rings is 1. The Labute approximate surface area is 303 Å². The third kappa shape index (κ3) is 5.39. The highest BCUT2D eigenvalue weighted by atomic mass is 19.2. The number of carbonyl (C=O) groups excluding carboxylic acids is 2. The molecule has 3 fully saturated rings. The highest BCUT2D eigenvalue weighted by molar-refractivity contribution is 6.08. The lowest BCUT2D eigenvalue weighted by Gasteiger charge is -2.56. The van der Waals surface area contributed by atoms with Crippen LogP contribution in [0.1, 0.15) is 108 Å². The first-order valence-corrected chi connectivity index (χ1v) is 18.7. The van der Waals surface area contributed by atoms with Crippen molar-refractivity contribution in [2.45, 2.75) is 110 Å². The van der Waals surface area contributed by atoms with Gasteiger partial charge in [0.15, 0.2) is 17.5 Å². The first-order valence-electron chi connectivity index (χ1n) is 18.7. The summed E-state index contributed by atoms with van der Waals surface area (Å²) >= 11 is 0. The predicted octanol–water partition coefficient (Wildman–Crippen LogP) is 7.58. The molecule has 5 heterocycles. The summed E-state index contributed by atoms with van der Waals surface area (Å²) in [6, 6.07) is 5.21. The van der Waals surface area contributed by atoms with Crippen LogP contribution in [0.15, 0.2) is 30.7 Å². The molecule has 2 amide bonds. The first kappa shape index (κ1) is 34.6. The Balaban J connectivity index is 1.17. The Hall–Kier alpha value is -4.45. The summed E-state index contributed by atoms with van der Waals surface area (Å²) in [5.74, 6) is -2.41. The van der Waals surface area contributed by atoms with E-state index >= 15 is 8.78 Å². The van der Waals surface area contributed by atoms with Gasteiger partial charge in [0.2, 0.25) is 5.91 Å². The maximum atomic E-state index is 15.5. The van der Waals surface area contributed by atoms with E-state index in [-0.39, 0.29) is 46.2 Å². The molecule has 2 saturated carbocycles. The van der Waals surface area contributed by atoms with Gasteiger partial charge in [-0.1, -0.05) is 0 Å². The Morgan fingerprint density at radius 1 is 1.06 bits per heavy atom. The van der Waals surface area contributed by atoms with Crippen LogP contribution < -0.4 is 15.5 Å². The van der Waals surface area contributed by atoms with Crippen molar-refractivity contribution in [2.24, 2.45) is 5.41 Å². The van der Waals surface area contributed by atoms with E-state index in [4.69, 9.17) is 9.97 Å². The maximum Gasteiger partial charge on any atom is 0.251 e. The molecule has 0 radical (unpaired) electrons. The Bertz CT molecular complexity index is 2130. The molecule has 4 aromatic rings. The maximum absolute atomic E-state index is 15.5. The second kappa shape index (κ2) is 12.0. The number of carbonyl (C=O) groups is 2. The van der Waals surface area contributed by atoms with E-state index in [2.05, 4.69) is 27.4 Å². The number of likely N-dealkylation sites (tertiary alicyclic amines) is 1. The molecule has 2 aliphatic heterocycles. The molecule has 12 heteroatoms. The van der Waals surface area contributed by atoms with Gasteiger partial charge in [-0.15, -0.1) is 0 Å². The summed E-state index contributed by atoms with van der Waals surface area (Å²) < 4.78 is 32.7. The molecule has 1 spiro atoms. The number of aromatic nitrogens is 4. The van der Waals surface area contributed by atoms with Crippen LogP contribution in [0.5, 0.6) is 0 Å². The van der Waals surface area contributed by atoms with E-state index in [1.165, 1.54) is 45.2 Å². The fourth-order valence-corrected chi connectivity index (χ4v) is 8.90. The summed E-state index contributed by atoms with van der Waals surface area (Å²) in [5.41, 5.74) is 3.47. The van der Waals surface area contributed by atoms with Crippen LogP contribution in [0.2, 0.25) is 0 Å². The van der Waals surface area contributed by atoms with E-state index in [1.807, 2.05) is 49.3 Å². The lowest BCUT2D eigenvalue weighted by atomic mass is 9.70. The van der Waals surface area contributed by atoms with Crippen LogP contribution in [-0.4, -0.2) is 67.4 Å². The van der Waals surface area contributed by atoms with Gasteiger partial charge in [0.25, 0.3) is 5.91 Å². The SMILES string of the molecule is CCNC(=O)c1cc(Nc2nc(-c3cnc4c(c3)N(C3CC(C)(N5CCCC6(CC6)C5)C3)C(=O)C4(C)C)cc3ncn(C(C)C)c23)c(F)c(F)c1C. The van der Waals surface area contributed by atoms with E-state index in [9.17, 15) is 9.59 Å². The summed E-state index contributed by atoms with van der Waals surface area (Å²) in [5, 5.41) is 5.70. The van der Waals surface area contributed by atoms with Crippen molar-refractivity contribution in [2.75, 3.05) is 29.9 Å². The van der Waals surface area contributed by atoms with Crippen molar-refractivity contribution in [3.8, 4) is 11.3 Å². The number of hydrogen-bond acceptors (Lipinski definition) is 7.